The first-order valence-corrected chi connectivity index (χ1v) is 6.77. The molecule has 0 fully saturated rings. The first kappa shape index (κ1) is 14.5. The van der Waals surface area contributed by atoms with Gasteiger partial charge in [0.25, 0.3) is 0 Å². The number of rotatable bonds is 3. The normalized spacial score (nSPS) is 10.3. The van der Waals surface area contributed by atoms with E-state index in [2.05, 4.69) is 16.2 Å². The van der Waals surface area contributed by atoms with Crippen LogP contribution in [0.1, 0.15) is 21.8 Å². The first-order chi connectivity index (χ1) is 11.1. The van der Waals surface area contributed by atoms with E-state index in [1.165, 1.54) is 12.1 Å². The number of nitrogens with zero attached hydrogens (tertiary/aromatic N) is 3. The topological polar surface area (TPSA) is 100 Å². The molecule has 6 heteroatoms. The average Bonchev–Trinajstić information content (AvgIpc) is 3.01. The van der Waals surface area contributed by atoms with Gasteiger partial charge in [0, 0.05) is 12.5 Å². The van der Waals surface area contributed by atoms with Crippen LogP contribution in [0.2, 0.25) is 0 Å². The number of carboxylic acid groups (broad SMARTS) is 1. The number of carbonyl (C=O) groups is 1. The van der Waals surface area contributed by atoms with Gasteiger partial charge in [-0.25, -0.2) is 4.79 Å². The summed E-state index contributed by atoms with van der Waals surface area (Å²) < 4.78 is 4.94. The molecule has 0 atom stereocenters. The molecule has 0 aliphatic rings. The van der Waals surface area contributed by atoms with Crippen molar-refractivity contribution in [1.82, 2.24) is 10.1 Å². The maximum Gasteiger partial charge on any atom is 0.335 e. The first-order valence-electron chi connectivity index (χ1n) is 6.77. The number of hydrogen-bond acceptors (Lipinski definition) is 5. The second kappa shape index (κ2) is 5.73. The van der Waals surface area contributed by atoms with Gasteiger partial charge in [0.15, 0.2) is 0 Å². The van der Waals surface area contributed by atoms with Crippen LogP contribution in [0.25, 0.3) is 22.5 Å². The Bertz CT molecular complexity index is 921. The van der Waals surface area contributed by atoms with E-state index < -0.39 is 5.97 Å². The predicted octanol–water partition coefficient (Wildman–Crippen LogP) is 3.28. The lowest BCUT2D eigenvalue weighted by molar-refractivity contribution is 0.0697. The number of benzene rings is 2. The van der Waals surface area contributed by atoms with Crippen LogP contribution in [-0.2, 0) is 0 Å². The van der Waals surface area contributed by atoms with Gasteiger partial charge in [0.2, 0.25) is 11.7 Å². The van der Waals surface area contributed by atoms with Gasteiger partial charge >= 0.3 is 5.97 Å². The van der Waals surface area contributed by atoms with E-state index in [1.54, 1.807) is 37.3 Å². The summed E-state index contributed by atoms with van der Waals surface area (Å²) in [5.41, 5.74) is 2.82. The minimum Gasteiger partial charge on any atom is -0.478 e. The average molecular weight is 305 g/mol. The predicted molar refractivity (Wildman–Crippen MR) is 81.6 cm³/mol. The summed E-state index contributed by atoms with van der Waals surface area (Å²) in [6.07, 6.45) is 0. The molecule has 3 rings (SSSR count). The van der Waals surface area contributed by atoms with Gasteiger partial charge in [0.05, 0.1) is 17.2 Å². The number of hydrogen-bond donors (Lipinski definition) is 1. The molecule has 112 valence electrons. The van der Waals surface area contributed by atoms with Crippen LogP contribution < -0.4 is 0 Å². The highest BCUT2D eigenvalue weighted by Gasteiger charge is 2.11. The maximum absolute atomic E-state index is 10.9. The molecule has 2 aromatic carbocycles. The van der Waals surface area contributed by atoms with Gasteiger partial charge < -0.3 is 9.63 Å². The van der Waals surface area contributed by atoms with Crippen molar-refractivity contribution in [3.05, 3.63) is 59.5 Å². The van der Waals surface area contributed by atoms with E-state index in [0.717, 1.165) is 5.56 Å². The Kier molecular flexibility index (Phi) is 3.61. The number of nitriles is 1. The number of aromatic nitrogens is 2. The zero-order valence-corrected chi connectivity index (χ0v) is 12.1. The lowest BCUT2D eigenvalue weighted by atomic mass is 9.97. The van der Waals surface area contributed by atoms with E-state index in [0.29, 0.717) is 28.4 Å². The molecular formula is C17H11N3O3. The van der Waals surface area contributed by atoms with Crippen molar-refractivity contribution in [1.29, 1.82) is 5.26 Å². The molecule has 0 bridgehead atoms. The molecular weight excluding hydrogens is 294 g/mol. The third-order valence-corrected chi connectivity index (χ3v) is 3.37. The van der Waals surface area contributed by atoms with Gasteiger partial charge in [-0.05, 0) is 29.3 Å². The van der Waals surface area contributed by atoms with Crippen molar-refractivity contribution in [2.24, 2.45) is 0 Å². The lowest BCUT2D eigenvalue weighted by Crippen LogP contribution is -1.95. The number of aromatic carboxylic acids is 1. The standard InChI is InChI=1S/C17H11N3O3/c1-10-19-16(20-23-10)13-6-7-15(14(8-13)9-18)11-2-4-12(5-3-11)17(21)22/h2-8H,1H3,(H,21,22). The van der Waals surface area contributed by atoms with Crippen LogP contribution in [0.4, 0.5) is 0 Å². The zero-order valence-electron chi connectivity index (χ0n) is 12.1. The largest absolute Gasteiger partial charge is 0.478 e. The van der Waals surface area contributed by atoms with Gasteiger partial charge in [-0.3, -0.25) is 0 Å². The summed E-state index contributed by atoms with van der Waals surface area (Å²) in [5.74, 6) is -0.113. The van der Waals surface area contributed by atoms with Crippen LogP contribution in [0.5, 0.6) is 0 Å². The van der Waals surface area contributed by atoms with Crippen molar-refractivity contribution < 1.29 is 14.4 Å². The Labute approximate surface area is 131 Å². The van der Waals surface area contributed by atoms with Crippen LogP contribution in [0.15, 0.2) is 47.0 Å². The SMILES string of the molecule is Cc1nc(-c2ccc(-c3ccc(C(=O)O)cc3)c(C#N)c2)no1. The van der Waals surface area contributed by atoms with Crippen LogP contribution in [0.3, 0.4) is 0 Å². The smallest absolute Gasteiger partial charge is 0.335 e. The summed E-state index contributed by atoms with van der Waals surface area (Å²) in [6.45, 7) is 1.69. The molecule has 0 aliphatic carbocycles. The van der Waals surface area contributed by atoms with Crippen molar-refractivity contribution >= 4 is 5.97 Å². The van der Waals surface area contributed by atoms with E-state index in [4.69, 9.17) is 9.63 Å². The summed E-state index contributed by atoms with van der Waals surface area (Å²) in [4.78, 5) is 15.0. The number of carboxylic acids is 1. The molecule has 0 saturated carbocycles. The third-order valence-electron chi connectivity index (χ3n) is 3.37. The highest BCUT2D eigenvalue weighted by Crippen LogP contribution is 2.27. The molecule has 3 aromatic rings. The second-order valence-electron chi connectivity index (χ2n) is 4.89. The van der Waals surface area contributed by atoms with Crippen molar-refractivity contribution in [3.8, 4) is 28.6 Å². The van der Waals surface area contributed by atoms with Crippen LogP contribution in [0, 0.1) is 18.3 Å². The molecule has 0 saturated heterocycles. The summed E-state index contributed by atoms with van der Waals surface area (Å²) >= 11 is 0. The molecule has 0 amide bonds. The minimum atomic E-state index is -0.986. The van der Waals surface area contributed by atoms with Gasteiger partial charge in [0.1, 0.15) is 0 Å². The van der Waals surface area contributed by atoms with E-state index in [-0.39, 0.29) is 5.56 Å². The molecule has 23 heavy (non-hydrogen) atoms. The molecule has 1 heterocycles. The van der Waals surface area contributed by atoms with E-state index in [9.17, 15) is 10.1 Å². The minimum absolute atomic E-state index is 0.200. The zero-order chi connectivity index (χ0) is 16.4. The molecule has 0 spiro atoms. The molecule has 1 N–H and O–H groups in total. The van der Waals surface area contributed by atoms with Gasteiger partial charge in [-0.15, -0.1) is 0 Å². The summed E-state index contributed by atoms with van der Waals surface area (Å²) in [7, 11) is 0. The fourth-order valence-corrected chi connectivity index (χ4v) is 2.24. The van der Waals surface area contributed by atoms with E-state index in [1.807, 2.05) is 0 Å². The van der Waals surface area contributed by atoms with Crippen LogP contribution >= 0.6 is 0 Å². The highest BCUT2D eigenvalue weighted by molar-refractivity contribution is 5.88. The monoisotopic (exact) mass is 305 g/mol. The third kappa shape index (κ3) is 2.80. The summed E-state index contributed by atoms with van der Waals surface area (Å²) in [6, 6.07) is 13.8. The Morgan fingerprint density at radius 2 is 1.87 bits per heavy atom. The molecule has 0 unspecified atom stereocenters. The van der Waals surface area contributed by atoms with Crippen LogP contribution in [-0.4, -0.2) is 21.2 Å². The van der Waals surface area contributed by atoms with Gasteiger partial charge in [-0.2, -0.15) is 10.2 Å². The number of aryl methyl sites for hydroxylation is 1. The lowest BCUT2D eigenvalue weighted by Gasteiger charge is -2.06. The molecule has 6 nitrogen and oxygen atoms in total. The van der Waals surface area contributed by atoms with Crippen molar-refractivity contribution in [3.63, 3.8) is 0 Å². The quantitative estimate of drug-likeness (QED) is 0.797. The van der Waals surface area contributed by atoms with Crippen molar-refractivity contribution in [2.75, 3.05) is 0 Å². The van der Waals surface area contributed by atoms with Gasteiger partial charge in [-0.1, -0.05) is 29.4 Å². The molecule has 0 radical (unpaired) electrons. The Morgan fingerprint density at radius 3 is 2.43 bits per heavy atom. The fraction of sp³-hybridized carbons (Fsp3) is 0.0588. The fourth-order valence-electron chi connectivity index (χ4n) is 2.24. The summed E-state index contributed by atoms with van der Waals surface area (Å²) in [5, 5.41) is 22.2. The Balaban J connectivity index is 2.03. The van der Waals surface area contributed by atoms with Crippen molar-refractivity contribution in [2.45, 2.75) is 6.92 Å². The highest BCUT2D eigenvalue weighted by atomic mass is 16.5. The molecule has 0 aliphatic heterocycles. The Hall–Kier alpha value is -3.46. The van der Waals surface area contributed by atoms with E-state index >= 15 is 0 Å². The Morgan fingerprint density at radius 1 is 1.17 bits per heavy atom. The maximum atomic E-state index is 10.9. The second-order valence-corrected chi connectivity index (χ2v) is 4.89. The molecule has 1 aromatic heterocycles.